The van der Waals surface area contributed by atoms with Gasteiger partial charge in [0, 0.05) is 24.5 Å². The summed E-state index contributed by atoms with van der Waals surface area (Å²) in [6.07, 6.45) is 0. The van der Waals surface area contributed by atoms with E-state index in [1.54, 1.807) is 26.4 Å². The van der Waals surface area contributed by atoms with Crippen molar-refractivity contribution < 1.29 is 14.3 Å². The number of nitrogens with zero attached hydrogens (tertiary/aromatic N) is 3. The summed E-state index contributed by atoms with van der Waals surface area (Å²) in [7, 11) is 3.18. The van der Waals surface area contributed by atoms with Crippen LogP contribution in [0, 0.1) is 0 Å². The molecule has 0 saturated carbocycles. The summed E-state index contributed by atoms with van der Waals surface area (Å²) in [5.41, 5.74) is 1.08. The lowest BCUT2D eigenvalue weighted by Crippen LogP contribution is -2.24. The maximum absolute atomic E-state index is 12.4. The van der Waals surface area contributed by atoms with Crippen LogP contribution < -0.4 is 20.4 Å². The first-order valence-corrected chi connectivity index (χ1v) is 8.62. The molecule has 1 N–H and O–H groups in total. The highest BCUT2D eigenvalue weighted by molar-refractivity contribution is 7.12. The quantitative estimate of drug-likeness (QED) is 0.779. The molecule has 0 fully saturated rings. The minimum Gasteiger partial charge on any atom is -0.493 e. The van der Waals surface area contributed by atoms with E-state index in [0.717, 1.165) is 17.7 Å². The summed E-state index contributed by atoms with van der Waals surface area (Å²) in [5, 5.41) is 6.09. The summed E-state index contributed by atoms with van der Waals surface area (Å²) in [4.78, 5) is 21.8. The third-order valence-corrected chi connectivity index (χ3v) is 4.91. The summed E-state index contributed by atoms with van der Waals surface area (Å²) < 4.78 is 12.7. The van der Waals surface area contributed by atoms with E-state index >= 15 is 0 Å². The highest BCUT2D eigenvalue weighted by Crippen LogP contribution is 2.34. The average molecular weight is 356 g/mol. The SMILES string of the molecule is COc1cc2nc(=NC(=O)c3cccs3)n3c(c2cc1OC)NCC3. The molecule has 3 aromatic rings. The van der Waals surface area contributed by atoms with Crippen molar-refractivity contribution in [3.63, 3.8) is 0 Å². The molecule has 3 heterocycles. The van der Waals surface area contributed by atoms with Crippen molar-refractivity contribution >= 4 is 34.0 Å². The molecular formula is C17H16N4O3S. The molecule has 0 atom stereocenters. The number of carbonyl (C=O) groups is 1. The Morgan fingerprint density at radius 3 is 2.84 bits per heavy atom. The zero-order valence-electron chi connectivity index (χ0n) is 13.8. The summed E-state index contributed by atoms with van der Waals surface area (Å²) in [6.45, 7) is 1.45. The molecule has 0 spiro atoms. The number of methoxy groups -OCH3 is 2. The van der Waals surface area contributed by atoms with Crippen molar-refractivity contribution in [2.75, 3.05) is 26.1 Å². The number of aromatic nitrogens is 2. The second kappa shape index (κ2) is 6.21. The number of carbonyl (C=O) groups excluding carboxylic acids is 1. The van der Waals surface area contributed by atoms with E-state index in [4.69, 9.17) is 9.47 Å². The summed E-state index contributed by atoms with van der Waals surface area (Å²) >= 11 is 1.37. The Labute approximate surface area is 147 Å². The molecule has 25 heavy (non-hydrogen) atoms. The Balaban J connectivity index is 1.96. The first kappa shape index (κ1) is 15.6. The van der Waals surface area contributed by atoms with Crippen LogP contribution in [0.25, 0.3) is 10.9 Å². The van der Waals surface area contributed by atoms with Crippen LogP contribution in [0.15, 0.2) is 34.6 Å². The Morgan fingerprint density at radius 1 is 1.32 bits per heavy atom. The largest absolute Gasteiger partial charge is 0.493 e. The fraction of sp³-hybridized carbons (Fsp3) is 0.235. The fourth-order valence-corrected chi connectivity index (χ4v) is 3.49. The lowest BCUT2D eigenvalue weighted by atomic mass is 10.2. The van der Waals surface area contributed by atoms with Crippen LogP contribution in [-0.4, -0.2) is 36.2 Å². The van der Waals surface area contributed by atoms with Gasteiger partial charge in [-0.3, -0.25) is 9.36 Å². The Hall–Kier alpha value is -2.87. The second-order valence-corrected chi connectivity index (χ2v) is 6.41. The Morgan fingerprint density at radius 2 is 2.12 bits per heavy atom. The predicted molar refractivity (Wildman–Crippen MR) is 95.5 cm³/mol. The van der Waals surface area contributed by atoms with Crippen LogP contribution >= 0.6 is 11.3 Å². The van der Waals surface area contributed by atoms with Crippen molar-refractivity contribution in [1.29, 1.82) is 0 Å². The van der Waals surface area contributed by atoms with Crippen LogP contribution in [0.5, 0.6) is 11.5 Å². The van der Waals surface area contributed by atoms with Crippen LogP contribution in [0.1, 0.15) is 9.67 Å². The molecule has 1 aliphatic rings. The number of nitrogens with one attached hydrogen (secondary N) is 1. The van der Waals surface area contributed by atoms with E-state index < -0.39 is 0 Å². The van der Waals surface area contributed by atoms with Crippen LogP contribution in [-0.2, 0) is 6.54 Å². The van der Waals surface area contributed by atoms with Gasteiger partial charge in [0.15, 0.2) is 11.5 Å². The molecule has 2 aromatic heterocycles. The Kier molecular flexibility index (Phi) is 3.89. The van der Waals surface area contributed by atoms with Gasteiger partial charge in [-0.1, -0.05) is 6.07 Å². The first-order chi connectivity index (χ1) is 12.2. The van der Waals surface area contributed by atoms with Gasteiger partial charge in [0.2, 0.25) is 5.62 Å². The number of thiophene rings is 1. The van der Waals surface area contributed by atoms with Gasteiger partial charge < -0.3 is 14.8 Å². The maximum Gasteiger partial charge on any atom is 0.290 e. The average Bonchev–Trinajstić information content (AvgIpc) is 3.32. The van der Waals surface area contributed by atoms with Gasteiger partial charge in [-0.05, 0) is 17.5 Å². The van der Waals surface area contributed by atoms with Crippen molar-refractivity contribution in [3.8, 4) is 11.5 Å². The van der Waals surface area contributed by atoms with Gasteiger partial charge in [-0.2, -0.15) is 4.99 Å². The molecule has 1 amide bonds. The van der Waals surface area contributed by atoms with E-state index in [0.29, 0.717) is 34.1 Å². The van der Waals surface area contributed by atoms with Gasteiger partial charge in [-0.15, -0.1) is 11.3 Å². The van der Waals surface area contributed by atoms with E-state index in [-0.39, 0.29) is 5.91 Å². The fourth-order valence-electron chi connectivity index (χ4n) is 2.88. The van der Waals surface area contributed by atoms with Gasteiger partial charge >= 0.3 is 0 Å². The van der Waals surface area contributed by atoms with Gasteiger partial charge in [0.1, 0.15) is 5.82 Å². The molecule has 7 nitrogen and oxygen atoms in total. The van der Waals surface area contributed by atoms with Gasteiger partial charge in [-0.25, -0.2) is 4.98 Å². The monoisotopic (exact) mass is 356 g/mol. The molecule has 0 aliphatic carbocycles. The minimum absolute atomic E-state index is 0.288. The van der Waals surface area contributed by atoms with Gasteiger partial charge in [0.05, 0.1) is 24.6 Å². The number of benzene rings is 1. The highest BCUT2D eigenvalue weighted by Gasteiger charge is 2.18. The number of amides is 1. The molecule has 128 valence electrons. The lowest BCUT2D eigenvalue weighted by molar-refractivity contribution is 0.100. The van der Waals surface area contributed by atoms with Crippen molar-refractivity contribution in [3.05, 3.63) is 40.1 Å². The molecular weight excluding hydrogens is 340 g/mol. The minimum atomic E-state index is -0.288. The molecule has 0 radical (unpaired) electrons. The van der Waals surface area contributed by atoms with Gasteiger partial charge in [0.25, 0.3) is 5.91 Å². The predicted octanol–water partition coefficient (Wildman–Crippen LogP) is 2.28. The van der Waals surface area contributed by atoms with Crippen LogP contribution in [0.2, 0.25) is 0 Å². The molecule has 1 aliphatic heterocycles. The highest BCUT2D eigenvalue weighted by atomic mass is 32.1. The number of anilines is 1. The number of hydrogen-bond donors (Lipinski definition) is 1. The van der Waals surface area contributed by atoms with E-state index in [1.807, 2.05) is 22.1 Å². The van der Waals surface area contributed by atoms with E-state index in [9.17, 15) is 4.79 Å². The standard InChI is InChI=1S/C17H16N4O3S/c1-23-12-8-10-11(9-13(12)24-2)19-17(21-6-5-18-15(10)21)20-16(22)14-4-3-7-25-14/h3-4,7-9,18H,5-6H2,1-2H3. The van der Waals surface area contributed by atoms with E-state index in [2.05, 4.69) is 15.3 Å². The zero-order valence-corrected chi connectivity index (χ0v) is 14.6. The number of ether oxygens (including phenoxy) is 2. The maximum atomic E-state index is 12.4. The van der Waals surface area contributed by atoms with Crippen molar-refractivity contribution in [2.45, 2.75) is 6.54 Å². The molecule has 1 aromatic carbocycles. The third kappa shape index (κ3) is 2.64. The molecule has 0 unspecified atom stereocenters. The van der Waals surface area contributed by atoms with Crippen molar-refractivity contribution in [2.24, 2.45) is 4.99 Å². The Bertz CT molecular complexity index is 1020. The lowest BCUT2D eigenvalue weighted by Gasteiger charge is -2.12. The normalized spacial score (nSPS) is 13.6. The molecule has 8 heteroatoms. The topological polar surface area (TPSA) is 77.7 Å². The zero-order chi connectivity index (χ0) is 17.4. The molecule has 4 rings (SSSR count). The first-order valence-electron chi connectivity index (χ1n) is 7.74. The van der Waals surface area contributed by atoms with E-state index in [1.165, 1.54) is 11.3 Å². The van der Waals surface area contributed by atoms with Crippen molar-refractivity contribution in [1.82, 2.24) is 9.55 Å². The van der Waals surface area contributed by atoms with Crippen LogP contribution in [0.3, 0.4) is 0 Å². The summed E-state index contributed by atoms with van der Waals surface area (Å²) in [6, 6.07) is 7.27. The number of fused-ring (bicyclic) bond motifs is 3. The molecule has 0 saturated heterocycles. The smallest absolute Gasteiger partial charge is 0.290 e. The number of hydrogen-bond acceptors (Lipinski definition) is 6. The second-order valence-electron chi connectivity index (χ2n) is 5.46. The molecule has 0 bridgehead atoms. The van der Waals surface area contributed by atoms with Crippen LogP contribution in [0.4, 0.5) is 5.82 Å². The summed E-state index contributed by atoms with van der Waals surface area (Å²) in [5.74, 6) is 1.81. The third-order valence-electron chi connectivity index (χ3n) is 4.05. The number of rotatable bonds is 3.